The van der Waals surface area contributed by atoms with Crippen LogP contribution in [0.3, 0.4) is 0 Å². The Hall–Kier alpha value is -2.82. The first-order valence-corrected chi connectivity index (χ1v) is 8.00. The topological polar surface area (TPSA) is 63.1 Å². The average molecular weight is 323 g/mol. The van der Waals surface area contributed by atoms with Crippen molar-refractivity contribution in [2.75, 3.05) is 0 Å². The SMILES string of the molecule is Cc1cc(/C=C2\NC(=O)NC2=O)c(C)n1-c1ccc(C(C)C)cc1. The standard InChI is InChI=1S/C19H21N3O2/c1-11(2)14-5-7-16(8-6-14)22-12(3)9-15(13(22)4)10-17-18(23)21-19(24)20-17/h5-11H,1-4H3,(H2,20,21,23,24)/b17-10-. The lowest BCUT2D eigenvalue weighted by molar-refractivity contribution is -0.115. The first-order chi connectivity index (χ1) is 11.4. The fraction of sp³-hybridized carbons (Fsp3) is 0.263. The van der Waals surface area contributed by atoms with Crippen LogP contribution in [0.4, 0.5) is 4.79 Å². The van der Waals surface area contributed by atoms with Crippen LogP contribution in [0.2, 0.25) is 0 Å². The van der Waals surface area contributed by atoms with Crippen LogP contribution in [0.25, 0.3) is 11.8 Å². The lowest BCUT2D eigenvalue weighted by Gasteiger charge is -2.12. The quantitative estimate of drug-likeness (QED) is 0.672. The minimum atomic E-state index is -0.482. The summed E-state index contributed by atoms with van der Waals surface area (Å²) in [6.07, 6.45) is 1.71. The average Bonchev–Trinajstić information content (AvgIpc) is 2.98. The van der Waals surface area contributed by atoms with Crippen molar-refractivity contribution in [2.24, 2.45) is 0 Å². The van der Waals surface area contributed by atoms with Crippen molar-refractivity contribution in [1.82, 2.24) is 15.2 Å². The number of aryl methyl sites for hydroxylation is 1. The molecule has 2 N–H and O–H groups in total. The zero-order valence-corrected chi connectivity index (χ0v) is 14.3. The Balaban J connectivity index is 1.99. The highest BCUT2D eigenvalue weighted by molar-refractivity contribution is 6.14. The van der Waals surface area contributed by atoms with E-state index in [4.69, 9.17) is 0 Å². The summed E-state index contributed by atoms with van der Waals surface area (Å²) in [4.78, 5) is 22.9. The highest BCUT2D eigenvalue weighted by Crippen LogP contribution is 2.24. The Morgan fingerprint density at radius 2 is 1.71 bits per heavy atom. The van der Waals surface area contributed by atoms with E-state index in [1.807, 2.05) is 19.9 Å². The van der Waals surface area contributed by atoms with Crippen molar-refractivity contribution in [2.45, 2.75) is 33.6 Å². The van der Waals surface area contributed by atoms with Gasteiger partial charge in [-0.05, 0) is 55.2 Å². The molecule has 0 bridgehead atoms. The number of aromatic nitrogens is 1. The van der Waals surface area contributed by atoms with Crippen LogP contribution in [0.15, 0.2) is 36.0 Å². The molecule has 124 valence electrons. The van der Waals surface area contributed by atoms with E-state index >= 15 is 0 Å². The second-order valence-electron chi connectivity index (χ2n) is 6.37. The normalized spacial score (nSPS) is 16.0. The first kappa shape index (κ1) is 16.1. The molecule has 1 aliphatic heterocycles. The summed E-state index contributed by atoms with van der Waals surface area (Å²) in [5.41, 5.74) is 5.66. The van der Waals surface area contributed by atoms with Crippen molar-refractivity contribution in [3.8, 4) is 5.69 Å². The van der Waals surface area contributed by atoms with Gasteiger partial charge in [0, 0.05) is 17.1 Å². The van der Waals surface area contributed by atoms with Crippen LogP contribution in [-0.4, -0.2) is 16.5 Å². The zero-order valence-electron chi connectivity index (χ0n) is 14.3. The molecule has 24 heavy (non-hydrogen) atoms. The molecule has 1 saturated heterocycles. The molecule has 0 atom stereocenters. The molecule has 0 aliphatic carbocycles. The smallest absolute Gasteiger partial charge is 0.318 e. The summed E-state index contributed by atoms with van der Waals surface area (Å²) in [5, 5.41) is 4.73. The fourth-order valence-electron chi connectivity index (χ4n) is 2.98. The molecule has 5 nitrogen and oxygen atoms in total. The van der Waals surface area contributed by atoms with E-state index in [1.54, 1.807) is 6.08 Å². The van der Waals surface area contributed by atoms with Crippen molar-refractivity contribution in [3.05, 3.63) is 58.5 Å². The maximum atomic E-state index is 11.7. The van der Waals surface area contributed by atoms with Crippen LogP contribution in [0.1, 0.15) is 42.3 Å². The third-order valence-electron chi connectivity index (χ3n) is 4.31. The third-order valence-corrected chi connectivity index (χ3v) is 4.31. The molecule has 2 heterocycles. The monoisotopic (exact) mass is 323 g/mol. The Labute approximate surface area is 141 Å². The van der Waals surface area contributed by atoms with E-state index in [-0.39, 0.29) is 5.70 Å². The van der Waals surface area contributed by atoms with Crippen LogP contribution < -0.4 is 10.6 Å². The number of urea groups is 1. The molecule has 2 aromatic rings. The molecule has 3 rings (SSSR count). The van der Waals surface area contributed by atoms with Crippen molar-refractivity contribution >= 4 is 18.0 Å². The molecular formula is C19H21N3O2. The summed E-state index contributed by atoms with van der Waals surface area (Å²) in [7, 11) is 0. The van der Waals surface area contributed by atoms with E-state index in [0.717, 1.165) is 22.6 Å². The van der Waals surface area contributed by atoms with Gasteiger partial charge in [-0.15, -0.1) is 0 Å². The number of carbonyl (C=O) groups excluding carboxylic acids is 2. The summed E-state index contributed by atoms with van der Waals surface area (Å²) in [6, 6.07) is 10.0. The Bertz CT molecular complexity index is 842. The minimum Gasteiger partial charge on any atom is -0.318 e. The molecule has 1 fully saturated rings. The van der Waals surface area contributed by atoms with Crippen molar-refractivity contribution < 1.29 is 9.59 Å². The lowest BCUT2D eigenvalue weighted by Crippen LogP contribution is -2.22. The third kappa shape index (κ3) is 2.85. The molecule has 0 unspecified atom stereocenters. The van der Waals surface area contributed by atoms with E-state index in [1.165, 1.54) is 5.56 Å². The van der Waals surface area contributed by atoms with Gasteiger partial charge < -0.3 is 9.88 Å². The number of benzene rings is 1. The number of amides is 3. The maximum Gasteiger partial charge on any atom is 0.326 e. The number of carbonyl (C=O) groups is 2. The number of imide groups is 1. The number of hydrogen-bond donors (Lipinski definition) is 2. The van der Waals surface area contributed by atoms with Gasteiger partial charge in [-0.25, -0.2) is 4.79 Å². The molecule has 1 aliphatic rings. The van der Waals surface area contributed by atoms with Gasteiger partial charge in [-0.3, -0.25) is 10.1 Å². The van der Waals surface area contributed by atoms with Gasteiger partial charge in [0.2, 0.25) is 0 Å². The van der Waals surface area contributed by atoms with Crippen LogP contribution in [-0.2, 0) is 4.79 Å². The molecular weight excluding hydrogens is 302 g/mol. The maximum absolute atomic E-state index is 11.7. The number of nitrogens with one attached hydrogen (secondary N) is 2. The Morgan fingerprint density at radius 1 is 1.04 bits per heavy atom. The predicted molar refractivity (Wildman–Crippen MR) is 94.0 cm³/mol. The van der Waals surface area contributed by atoms with E-state index < -0.39 is 11.9 Å². The highest BCUT2D eigenvalue weighted by Gasteiger charge is 2.23. The molecule has 5 heteroatoms. The summed E-state index contributed by atoms with van der Waals surface area (Å²) >= 11 is 0. The molecule has 0 spiro atoms. The lowest BCUT2D eigenvalue weighted by atomic mass is 10.0. The van der Waals surface area contributed by atoms with Crippen molar-refractivity contribution in [1.29, 1.82) is 0 Å². The van der Waals surface area contributed by atoms with Crippen molar-refractivity contribution in [3.63, 3.8) is 0 Å². The molecule has 3 amide bonds. The predicted octanol–water partition coefficient (Wildman–Crippen LogP) is 3.40. The van der Waals surface area contributed by atoms with Gasteiger partial charge in [-0.1, -0.05) is 26.0 Å². The van der Waals surface area contributed by atoms with Gasteiger partial charge in [0.15, 0.2) is 0 Å². The summed E-state index contributed by atoms with van der Waals surface area (Å²) in [5.74, 6) is 0.0989. The van der Waals surface area contributed by atoms with Gasteiger partial charge in [0.05, 0.1) is 0 Å². The molecule has 1 aromatic carbocycles. The number of rotatable bonds is 3. The number of hydrogen-bond acceptors (Lipinski definition) is 2. The summed E-state index contributed by atoms with van der Waals surface area (Å²) in [6.45, 7) is 8.38. The largest absolute Gasteiger partial charge is 0.326 e. The second kappa shape index (κ2) is 6.00. The van der Waals surface area contributed by atoms with Crippen LogP contribution in [0, 0.1) is 13.8 Å². The van der Waals surface area contributed by atoms with Gasteiger partial charge >= 0.3 is 6.03 Å². The van der Waals surface area contributed by atoms with E-state index in [9.17, 15) is 9.59 Å². The highest BCUT2D eigenvalue weighted by atomic mass is 16.2. The van der Waals surface area contributed by atoms with E-state index in [2.05, 4.69) is 53.3 Å². The number of nitrogens with zero attached hydrogens (tertiary/aromatic N) is 1. The summed E-state index contributed by atoms with van der Waals surface area (Å²) < 4.78 is 2.14. The van der Waals surface area contributed by atoms with E-state index in [0.29, 0.717) is 5.92 Å². The van der Waals surface area contributed by atoms with Gasteiger partial charge in [0.25, 0.3) is 5.91 Å². The van der Waals surface area contributed by atoms with Crippen LogP contribution >= 0.6 is 0 Å². The first-order valence-electron chi connectivity index (χ1n) is 8.00. The van der Waals surface area contributed by atoms with Gasteiger partial charge in [0.1, 0.15) is 5.70 Å². The Kier molecular flexibility index (Phi) is 4.01. The van der Waals surface area contributed by atoms with Gasteiger partial charge in [-0.2, -0.15) is 0 Å². The molecule has 0 saturated carbocycles. The zero-order chi connectivity index (χ0) is 17.4. The fourth-order valence-corrected chi connectivity index (χ4v) is 2.98. The minimum absolute atomic E-state index is 0.274. The molecule has 1 aromatic heterocycles. The molecule has 0 radical (unpaired) electrons. The second-order valence-corrected chi connectivity index (χ2v) is 6.37. The van der Waals surface area contributed by atoms with Crippen LogP contribution in [0.5, 0.6) is 0 Å². The Morgan fingerprint density at radius 3 is 2.25 bits per heavy atom.